The Hall–Kier alpha value is -3.64. The molecule has 0 aliphatic carbocycles. The van der Waals surface area contributed by atoms with E-state index in [1.165, 1.54) is 0 Å². The lowest BCUT2D eigenvalue weighted by atomic mass is 10.1. The number of hydrogen-bond donors (Lipinski definition) is 2. The van der Waals surface area contributed by atoms with E-state index >= 15 is 0 Å². The van der Waals surface area contributed by atoms with Crippen LogP contribution in [0.4, 0.5) is 5.82 Å². The molecule has 0 aliphatic heterocycles. The molecule has 3 N–H and O–H groups in total. The molecule has 2 heterocycles. The molecule has 144 valence electrons. The molecule has 4 aromatic rings. The van der Waals surface area contributed by atoms with E-state index in [-0.39, 0.29) is 5.91 Å². The summed E-state index contributed by atoms with van der Waals surface area (Å²) in [6, 6.07) is 20.1. The molecule has 2 aromatic heterocycles. The van der Waals surface area contributed by atoms with Gasteiger partial charge in [0.1, 0.15) is 5.82 Å². The maximum absolute atomic E-state index is 12.4. The van der Waals surface area contributed by atoms with Crippen molar-refractivity contribution in [3.63, 3.8) is 0 Å². The zero-order valence-electron chi connectivity index (χ0n) is 15.4. The molecule has 0 saturated heterocycles. The van der Waals surface area contributed by atoms with Gasteiger partial charge >= 0.3 is 0 Å². The number of amides is 1. The van der Waals surface area contributed by atoms with Crippen molar-refractivity contribution in [2.24, 2.45) is 0 Å². The number of anilines is 1. The third-order valence-corrected chi connectivity index (χ3v) is 4.68. The van der Waals surface area contributed by atoms with Crippen molar-refractivity contribution in [3.8, 4) is 16.9 Å². The average molecular weight is 404 g/mol. The van der Waals surface area contributed by atoms with Crippen molar-refractivity contribution < 1.29 is 4.79 Å². The van der Waals surface area contributed by atoms with Gasteiger partial charge < -0.3 is 11.1 Å². The zero-order valence-corrected chi connectivity index (χ0v) is 16.2. The summed E-state index contributed by atoms with van der Waals surface area (Å²) >= 11 is 5.94. The number of nitrogens with two attached hydrogens (primary N) is 1. The third-order valence-electron chi connectivity index (χ3n) is 4.43. The normalized spacial score (nSPS) is 10.7. The van der Waals surface area contributed by atoms with Gasteiger partial charge in [-0.2, -0.15) is 5.10 Å². The molecule has 4 rings (SSSR count). The van der Waals surface area contributed by atoms with Crippen LogP contribution in [0.25, 0.3) is 16.9 Å². The molecule has 0 fully saturated rings. The number of nitrogens with one attached hydrogen (secondary N) is 1. The van der Waals surface area contributed by atoms with Crippen molar-refractivity contribution >= 4 is 23.3 Å². The number of pyridine rings is 1. The fourth-order valence-corrected chi connectivity index (χ4v) is 3.03. The van der Waals surface area contributed by atoms with Gasteiger partial charge in [-0.15, -0.1) is 0 Å². The minimum absolute atomic E-state index is 0.157. The first kappa shape index (κ1) is 18.7. The first-order valence-corrected chi connectivity index (χ1v) is 9.37. The van der Waals surface area contributed by atoms with Crippen LogP contribution in [0.2, 0.25) is 5.02 Å². The Balaban J connectivity index is 1.49. The quantitative estimate of drug-likeness (QED) is 0.525. The van der Waals surface area contributed by atoms with E-state index < -0.39 is 0 Å². The molecule has 0 aliphatic rings. The number of aromatic nitrogens is 3. The summed E-state index contributed by atoms with van der Waals surface area (Å²) in [4.78, 5) is 16.4. The van der Waals surface area contributed by atoms with Crippen molar-refractivity contribution in [1.29, 1.82) is 0 Å². The Kier molecular flexibility index (Phi) is 5.27. The van der Waals surface area contributed by atoms with Crippen molar-refractivity contribution in [1.82, 2.24) is 20.1 Å². The van der Waals surface area contributed by atoms with E-state index in [9.17, 15) is 4.79 Å². The molecule has 7 heteroatoms. The van der Waals surface area contributed by atoms with Gasteiger partial charge in [0.05, 0.1) is 11.4 Å². The van der Waals surface area contributed by atoms with Gasteiger partial charge in [-0.1, -0.05) is 29.8 Å². The second kappa shape index (κ2) is 8.16. The molecule has 2 aromatic carbocycles. The standard InChI is InChI=1S/C22H18ClN5O/c23-18-7-3-16(4-8-18)20-12-21(24)28(27-20)19-9-5-17(6-10-19)22(29)26-14-15-2-1-11-25-13-15/h1-13H,14,24H2,(H,26,29). The Labute approximate surface area is 173 Å². The maximum atomic E-state index is 12.4. The van der Waals surface area contributed by atoms with Crippen LogP contribution in [0.3, 0.4) is 0 Å². The number of benzene rings is 2. The lowest BCUT2D eigenvalue weighted by Gasteiger charge is -2.07. The number of nitrogen functional groups attached to an aromatic ring is 1. The molecular weight excluding hydrogens is 386 g/mol. The number of carbonyl (C=O) groups is 1. The minimum atomic E-state index is -0.157. The number of nitrogens with zero attached hydrogens (tertiary/aromatic N) is 3. The van der Waals surface area contributed by atoms with E-state index in [0.29, 0.717) is 22.9 Å². The van der Waals surface area contributed by atoms with Gasteiger partial charge in [0.15, 0.2) is 0 Å². The summed E-state index contributed by atoms with van der Waals surface area (Å²) in [6.07, 6.45) is 3.42. The predicted octanol–water partition coefficient (Wildman–Crippen LogP) is 4.10. The fourth-order valence-electron chi connectivity index (χ4n) is 2.91. The van der Waals surface area contributed by atoms with E-state index in [1.807, 2.05) is 48.5 Å². The minimum Gasteiger partial charge on any atom is -0.384 e. The molecule has 29 heavy (non-hydrogen) atoms. The van der Waals surface area contributed by atoms with Crippen LogP contribution in [0.1, 0.15) is 15.9 Å². The molecule has 0 saturated carbocycles. The van der Waals surface area contributed by atoms with Crippen molar-refractivity contribution in [2.75, 3.05) is 5.73 Å². The van der Waals surface area contributed by atoms with Crippen molar-refractivity contribution in [3.05, 3.63) is 95.3 Å². The number of rotatable bonds is 5. The summed E-state index contributed by atoms with van der Waals surface area (Å²) in [5.41, 5.74) is 10.1. The van der Waals surface area contributed by atoms with Gasteiger partial charge in [-0.25, -0.2) is 4.68 Å². The monoisotopic (exact) mass is 403 g/mol. The van der Waals surface area contributed by atoms with Crippen LogP contribution in [-0.4, -0.2) is 20.7 Å². The second-order valence-electron chi connectivity index (χ2n) is 6.46. The van der Waals surface area contributed by atoms with E-state index in [1.54, 1.807) is 35.3 Å². The molecule has 0 atom stereocenters. The zero-order chi connectivity index (χ0) is 20.2. The highest BCUT2D eigenvalue weighted by atomic mass is 35.5. The van der Waals surface area contributed by atoms with Gasteiger partial charge in [0, 0.05) is 41.2 Å². The van der Waals surface area contributed by atoms with Crippen LogP contribution in [-0.2, 0) is 6.54 Å². The number of halogens is 1. The Morgan fingerprint density at radius 3 is 2.52 bits per heavy atom. The first-order valence-electron chi connectivity index (χ1n) is 8.99. The second-order valence-corrected chi connectivity index (χ2v) is 6.90. The molecule has 6 nitrogen and oxygen atoms in total. The van der Waals surface area contributed by atoms with Gasteiger partial charge in [0.2, 0.25) is 0 Å². The van der Waals surface area contributed by atoms with Gasteiger partial charge in [-0.3, -0.25) is 9.78 Å². The SMILES string of the molecule is Nc1cc(-c2ccc(Cl)cc2)nn1-c1ccc(C(=O)NCc2cccnc2)cc1. The van der Waals surface area contributed by atoms with Crippen LogP contribution < -0.4 is 11.1 Å². The molecule has 0 radical (unpaired) electrons. The van der Waals surface area contributed by atoms with Crippen LogP contribution >= 0.6 is 11.6 Å². The summed E-state index contributed by atoms with van der Waals surface area (Å²) in [5, 5.41) is 8.12. The predicted molar refractivity (Wildman–Crippen MR) is 114 cm³/mol. The highest BCUT2D eigenvalue weighted by Crippen LogP contribution is 2.24. The highest BCUT2D eigenvalue weighted by molar-refractivity contribution is 6.30. The summed E-state index contributed by atoms with van der Waals surface area (Å²) in [5.74, 6) is 0.347. The summed E-state index contributed by atoms with van der Waals surface area (Å²) < 4.78 is 1.64. The van der Waals surface area contributed by atoms with Crippen LogP contribution in [0.5, 0.6) is 0 Å². The van der Waals surface area contributed by atoms with Gasteiger partial charge in [0.25, 0.3) is 5.91 Å². The lowest BCUT2D eigenvalue weighted by Crippen LogP contribution is -2.22. The molecular formula is C22H18ClN5O. The smallest absolute Gasteiger partial charge is 0.251 e. The molecule has 0 spiro atoms. The maximum Gasteiger partial charge on any atom is 0.251 e. The number of hydrogen-bond acceptors (Lipinski definition) is 4. The molecule has 0 bridgehead atoms. The lowest BCUT2D eigenvalue weighted by molar-refractivity contribution is 0.0951. The average Bonchev–Trinajstić information content (AvgIpc) is 3.15. The van der Waals surface area contributed by atoms with E-state index in [4.69, 9.17) is 17.3 Å². The van der Waals surface area contributed by atoms with Crippen LogP contribution in [0.15, 0.2) is 79.1 Å². The fraction of sp³-hybridized carbons (Fsp3) is 0.0455. The summed E-state index contributed by atoms with van der Waals surface area (Å²) in [7, 11) is 0. The number of carbonyl (C=O) groups excluding carboxylic acids is 1. The topological polar surface area (TPSA) is 85.8 Å². The van der Waals surface area contributed by atoms with E-state index in [0.717, 1.165) is 22.5 Å². The van der Waals surface area contributed by atoms with Gasteiger partial charge in [-0.05, 0) is 48.0 Å². The largest absolute Gasteiger partial charge is 0.384 e. The Morgan fingerprint density at radius 2 is 1.83 bits per heavy atom. The van der Waals surface area contributed by atoms with E-state index in [2.05, 4.69) is 15.4 Å². The molecule has 0 unspecified atom stereocenters. The highest BCUT2D eigenvalue weighted by Gasteiger charge is 2.11. The Morgan fingerprint density at radius 1 is 1.07 bits per heavy atom. The third kappa shape index (κ3) is 4.28. The van der Waals surface area contributed by atoms with Crippen LogP contribution in [0, 0.1) is 0 Å². The summed E-state index contributed by atoms with van der Waals surface area (Å²) in [6.45, 7) is 0.422. The van der Waals surface area contributed by atoms with Crippen molar-refractivity contribution in [2.45, 2.75) is 6.54 Å². The molecule has 1 amide bonds. The Bertz CT molecular complexity index is 1120. The first-order chi connectivity index (χ1) is 14.1.